The quantitative estimate of drug-likeness (QED) is 0.375. The van der Waals surface area contributed by atoms with Crippen molar-refractivity contribution in [2.75, 3.05) is 13.1 Å². The highest BCUT2D eigenvalue weighted by molar-refractivity contribution is 6.33. The molecule has 2 aliphatic rings. The van der Waals surface area contributed by atoms with Gasteiger partial charge < -0.3 is 25.3 Å². The summed E-state index contributed by atoms with van der Waals surface area (Å²) in [4.78, 5) is 39.1. The number of nitrogens with one attached hydrogen (secondary N) is 2. The molecule has 2 heterocycles. The summed E-state index contributed by atoms with van der Waals surface area (Å²) < 4.78 is 5.31. The first-order chi connectivity index (χ1) is 14.5. The van der Waals surface area contributed by atoms with E-state index in [1.54, 1.807) is 12.1 Å². The smallest absolute Gasteiger partial charge is 0.255 e. The Bertz CT molecular complexity index is 1240. The number of amides is 1. The molecule has 30 heavy (non-hydrogen) atoms. The van der Waals surface area contributed by atoms with Crippen molar-refractivity contribution in [2.24, 2.45) is 0 Å². The summed E-state index contributed by atoms with van der Waals surface area (Å²) in [7, 11) is 0. The minimum Gasteiger partial charge on any atom is -0.506 e. The fraction of sp³-hybridized carbons (Fsp3) is 0.227. The lowest BCUT2D eigenvalue weighted by Gasteiger charge is -2.24. The van der Waals surface area contributed by atoms with Crippen LogP contribution in [0.3, 0.4) is 0 Å². The number of carbonyl (C=O) groups is 3. The van der Waals surface area contributed by atoms with Gasteiger partial charge in [0.25, 0.3) is 5.91 Å². The van der Waals surface area contributed by atoms with Crippen molar-refractivity contribution < 1.29 is 29.0 Å². The maximum Gasteiger partial charge on any atom is 0.255 e. The van der Waals surface area contributed by atoms with Crippen molar-refractivity contribution in [2.45, 2.75) is 18.9 Å². The van der Waals surface area contributed by atoms with E-state index in [2.05, 4.69) is 10.6 Å². The van der Waals surface area contributed by atoms with E-state index in [0.29, 0.717) is 0 Å². The summed E-state index contributed by atoms with van der Waals surface area (Å²) in [5, 5.41) is 28.0. The Morgan fingerprint density at radius 3 is 2.20 bits per heavy atom. The van der Waals surface area contributed by atoms with Crippen LogP contribution in [0.1, 0.15) is 55.2 Å². The summed E-state index contributed by atoms with van der Waals surface area (Å²) >= 11 is 0. The van der Waals surface area contributed by atoms with Crippen LogP contribution in [0.2, 0.25) is 0 Å². The molecule has 4 N–H and O–H groups in total. The second-order valence-corrected chi connectivity index (χ2v) is 7.50. The molecule has 0 bridgehead atoms. The van der Waals surface area contributed by atoms with Crippen LogP contribution in [0.4, 0.5) is 0 Å². The molecule has 1 amide bonds. The average molecular weight is 406 g/mol. The van der Waals surface area contributed by atoms with E-state index in [4.69, 9.17) is 4.42 Å². The van der Waals surface area contributed by atoms with Crippen molar-refractivity contribution >= 4 is 28.2 Å². The summed E-state index contributed by atoms with van der Waals surface area (Å²) in [6.07, 6.45) is 2.58. The van der Waals surface area contributed by atoms with E-state index in [1.807, 2.05) is 0 Å². The number of phenolic OH excluding ortho intramolecular Hbond substituents is 2. The first kappa shape index (κ1) is 18.4. The lowest BCUT2D eigenvalue weighted by atomic mass is 9.83. The van der Waals surface area contributed by atoms with E-state index >= 15 is 0 Å². The van der Waals surface area contributed by atoms with E-state index in [1.165, 1.54) is 12.1 Å². The van der Waals surface area contributed by atoms with Crippen LogP contribution in [0.15, 0.2) is 34.9 Å². The van der Waals surface area contributed by atoms with E-state index < -0.39 is 29.0 Å². The monoisotopic (exact) mass is 406 g/mol. The summed E-state index contributed by atoms with van der Waals surface area (Å²) in [6, 6.07) is 6.32. The van der Waals surface area contributed by atoms with Crippen LogP contribution in [0.25, 0.3) is 10.8 Å². The topological polar surface area (TPSA) is 129 Å². The number of carbonyl (C=O) groups excluding carboxylic acids is 3. The van der Waals surface area contributed by atoms with Crippen LogP contribution in [0, 0.1) is 0 Å². The number of rotatable bonds is 2. The molecule has 1 aromatic heterocycles. The van der Waals surface area contributed by atoms with Crippen molar-refractivity contribution in [1.82, 2.24) is 10.6 Å². The van der Waals surface area contributed by atoms with Gasteiger partial charge in [-0.2, -0.15) is 0 Å². The Morgan fingerprint density at radius 2 is 1.57 bits per heavy atom. The Hall–Kier alpha value is -3.65. The zero-order valence-electron chi connectivity index (χ0n) is 15.8. The molecule has 1 aliphatic carbocycles. The zero-order chi connectivity index (χ0) is 21.0. The predicted molar refractivity (Wildman–Crippen MR) is 106 cm³/mol. The highest BCUT2D eigenvalue weighted by Gasteiger charge is 2.41. The predicted octanol–water partition coefficient (Wildman–Crippen LogP) is 2.10. The maximum atomic E-state index is 13.3. The standard InChI is InChI=1S/C22H18N2O6/c25-17-11-3-1-2-4-12(11)18(26)16-15(17)19(27)14-13(9-30-21(14)20(16)28)22(29)24-10-5-7-23-8-6-10/h1-4,9-10,23,25-26H,5-8H2,(H,24,29). The number of furan rings is 1. The lowest BCUT2D eigenvalue weighted by molar-refractivity contribution is 0.0918. The van der Waals surface area contributed by atoms with Crippen LogP contribution in [0.5, 0.6) is 11.5 Å². The fourth-order valence-electron chi connectivity index (χ4n) is 4.23. The first-order valence-electron chi connectivity index (χ1n) is 9.68. The highest BCUT2D eigenvalue weighted by Crippen LogP contribution is 2.45. The van der Waals surface area contributed by atoms with Crippen LogP contribution < -0.4 is 10.6 Å². The molecule has 3 aromatic rings. The van der Waals surface area contributed by atoms with E-state index in [-0.39, 0.29) is 44.8 Å². The molecule has 0 atom stereocenters. The molecule has 1 fully saturated rings. The molecule has 5 rings (SSSR count). The molecule has 0 radical (unpaired) electrons. The van der Waals surface area contributed by atoms with Gasteiger partial charge in [0, 0.05) is 16.8 Å². The second-order valence-electron chi connectivity index (χ2n) is 7.50. The SMILES string of the molecule is O=C(NC1CCNCC1)c1coc2c1C(=O)c1c(c(O)c3ccccc3c1O)C2=O. The average Bonchev–Trinajstić information content (AvgIpc) is 3.21. The van der Waals surface area contributed by atoms with Crippen LogP contribution in [-0.4, -0.2) is 46.8 Å². The molecular formula is C22H18N2O6. The van der Waals surface area contributed by atoms with E-state index in [9.17, 15) is 24.6 Å². The van der Waals surface area contributed by atoms with Gasteiger partial charge in [0.1, 0.15) is 17.8 Å². The minimum absolute atomic E-state index is 0.0487. The van der Waals surface area contributed by atoms with Gasteiger partial charge in [-0.15, -0.1) is 0 Å². The number of hydrogen-bond donors (Lipinski definition) is 4. The van der Waals surface area contributed by atoms with Crippen molar-refractivity contribution in [3.63, 3.8) is 0 Å². The van der Waals surface area contributed by atoms with Gasteiger partial charge in [-0.3, -0.25) is 14.4 Å². The lowest BCUT2D eigenvalue weighted by Crippen LogP contribution is -2.43. The third-order valence-corrected chi connectivity index (χ3v) is 5.76. The van der Waals surface area contributed by atoms with Gasteiger partial charge in [-0.05, 0) is 25.9 Å². The second kappa shape index (κ2) is 6.70. The Balaban J connectivity index is 1.62. The summed E-state index contributed by atoms with van der Waals surface area (Å²) in [6.45, 7) is 1.55. The Labute approximate surface area is 170 Å². The number of ketones is 2. The van der Waals surface area contributed by atoms with Crippen molar-refractivity contribution in [1.29, 1.82) is 0 Å². The van der Waals surface area contributed by atoms with Crippen molar-refractivity contribution in [3.05, 3.63) is 58.5 Å². The first-order valence-corrected chi connectivity index (χ1v) is 9.68. The number of aromatic hydroxyl groups is 2. The summed E-state index contributed by atoms with van der Waals surface area (Å²) in [5.41, 5.74) is -0.882. The van der Waals surface area contributed by atoms with Gasteiger partial charge >= 0.3 is 0 Å². The normalized spacial score (nSPS) is 16.4. The molecule has 2 aromatic carbocycles. The fourth-order valence-corrected chi connectivity index (χ4v) is 4.23. The Kier molecular flexibility index (Phi) is 4.11. The molecule has 1 saturated heterocycles. The molecule has 8 nitrogen and oxygen atoms in total. The number of phenols is 2. The molecule has 0 saturated carbocycles. The third kappa shape index (κ3) is 2.54. The third-order valence-electron chi connectivity index (χ3n) is 5.76. The number of benzene rings is 2. The van der Waals surface area contributed by atoms with Gasteiger partial charge in [0.2, 0.25) is 11.6 Å². The zero-order valence-corrected chi connectivity index (χ0v) is 15.8. The number of piperidine rings is 1. The minimum atomic E-state index is -0.751. The number of fused-ring (bicyclic) bond motifs is 3. The van der Waals surface area contributed by atoms with Gasteiger partial charge in [-0.1, -0.05) is 24.3 Å². The van der Waals surface area contributed by atoms with Crippen LogP contribution >= 0.6 is 0 Å². The van der Waals surface area contributed by atoms with E-state index in [0.717, 1.165) is 32.2 Å². The molecular weight excluding hydrogens is 388 g/mol. The molecule has 8 heteroatoms. The molecule has 0 unspecified atom stereocenters. The summed E-state index contributed by atoms with van der Waals surface area (Å²) in [5.74, 6) is -3.12. The van der Waals surface area contributed by atoms with Gasteiger partial charge in [0.15, 0.2) is 5.76 Å². The van der Waals surface area contributed by atoms with Gasteiger partial charge in [0.05, 0.1) is 22.3 Å². The van der Waals surface area contributed by atoms with Crippen LogP contribution in [-0.2, 0) is 0 Å². The largest absolute Gasteiger partial charge is 0.506 e. The molecule has 0 spiro atoms. The molecule has 1 aliphatic heterocycles. The molecule has 152 valence electrons. The van der Waals surface area contributed by atoms with Crippen molar-refractivity contribution in [3.8, 4) is 11.5 Å². The number of hydrogen-bond acceptors (Lipinski definition) is 7. The maximum absolute atomic E-state index is 13.3. The van der Waals surface area contributed by atoms with Gasteiger partial charge in [-0.25, -0.2) is 0 Å². The Morgan fingerprint density at radius 1 is 0.967 bits per heavy atom. The highest BCUT2D eigenvalue weighted by atomic mass is 16.3.